The van der Waals surface area contributed by atoms with E-state index in [4.69, 9.17) is 4.74 Å². The van der Waals surface area contributed by atoms with Gasteiger partial charge in [0.05, 0.1) is 0 Å². The van der Waals surface area contributed by atoms with Gasteiger partial charge in [0.15, 0.2) is 0 Å². The van der Waals surface area contributed by atoms with Crippen molar-refractivity contribution in [1.82, 2.24) is 0 Å². The number of rotatable bonds is 6. The molecule has 0 aliphatic carbocycles. The normalized spacial score (nSPS) is 10.9. The third-order valence-electron chi connectivity index (χ3n) is 3.38. The Labute approximate surface area is 121 Å². The SMILES string of the molecule is C/C=C\CCc1ccc(OCc2ccccc2)cc1C. The first-order chi connectivity index (χ1) is 9.79. The molecule has 1 heteroatoms. The summed E-state index contributed by atoms with van der Waals surface area (Å²) in [6.45, 7) is 4.84. The third kappa shape index (κ3) is 4.27. The van der Waals surface area contributed by atoms with Gasteiger partial charge < -0.3 is 4.74 Å². The molecule has 0 N–H and O–H groups in total. The molecule has 0 fully saturated rings. The third-order valence-corrected chi connectivity index (χ3v) is 3.38. The molecule has 2 aromatic rings. The van der Waals surface area contributed by atoms with Crippen LogP contribution in [0.3, 0.4) is 0 Å². The molecule has 0 spiro atoms. The Morgan fingerprint density at radius 3 is 2.55 bits per heavy atom. The van der Waals surface area contributed by atoms with Crippen LogP contribution < -0.4 is 4.74 Å². The fraction of sp³-hybridized carbons (Fsp3) is 0.263. The summed E-state index contributed by atoms with van der Waals surface area (Å²) in [5.41, 5.74) is 3.90. The maximum absolute atomic E-state index is 5.84. The maximum Gasteiger partial charge on any atom is 0.120 e. The van der Waals surface area contributed by atoms with Crippen molar-refractivity contribution < 1.29 is 4.74 Å². The van der Waals surface area contributed by atoms with Crippen molar-refractivity contribution in [3.05, 3.63) is 77.4 Å². The molecule has 2 rings (SSSR count). The first-order valence-corrected chi connectivity index (χ1v) is 7.17. The van der Waals surface area contributed by atoms with Crippen LogP contribution in [0, 0.1) is 6.92 Å². The zero-order chi connectivity index (χ0) is 14.2. The van der Waals surface area contributed by atoms with E-state index in [-0.39, 0.29) is 0 Å². The predicted molar refractivity (Wildman–Crippen MR) is 85.1 cm³/mol. The van der Waals surface area contributed by atoms with Crippen molar-refractivity contribution in [2.24, 2.45) is 0 Å². The predicted octanol–water partition coefficient (Wildman–Crippen LogP) is 5.08. The van der Waals surface area contributed by atoms with Crippen LogP contribution in [-0.2, 0) is 13.0 Å². The smallest absolute Gasteiger partial charge is 0.120 e. The van der Waals surface area contributed by atoms with Crippen molar-refractivity contribution >= 4 is 0 Å². The van der Waals surface area contributed by atoms with Crippen LogP contribution in [0.1, 0.15) is 30.0 Å². The molecule has 0 heterocycles. The zero-order valence-corrected chi connectivity index (χ0v) is 12.3. The highest BCUT2D eigenvalue weighted by Gasteiger charge is 2.01. The molecule has 0 aliphatic rings. The van der Waals surface area contributed by atoms with Gasteiger partial charge in [-0.25, -0.2) is 0 Å². The second-order valence-corrected chi connectivity index (χ2v) is 4.97. The summed E-state index contributed by atoms with van der Waals surface area (Å²) in [5, 5.41) is 0. The van der Waals surface area contributed by atoms with Gasteiger partial charge in [-0.1, -0.05) is 48.6 Å². The average Bonchev–Trinajstić information content (AvgIpc) is 2.48. The molecule has 20 heavy (non-hydrogen) atoms. The lowest BCUT2D eigenvalue weighted by molar-refractivity contribution is 0.306. The van der Waals surface area contributed by atoms with E-state index in [0.717, 1.165) is 18.6 Å². The number of hydrogen-bond donors (Lipinski definition) is 0. The minimum Gasteiger partial charge on any atom is -0.489 e. The van der Waals surface area contributed by atoms with E-state index in [1.54, 1.807) is 0 Å². The van der Waals surface area contributed by atoms with Crippen LogP contribution in [0.25, 0.3) is 0 Å². The first kappa shape index (κ1) is 14.4. The van der Waals surface area contributed by atoms with Crippen LogP contribution in [0.15, 0.2) is 60.7 Å². The Hall–Kier alpha value is -2.02. The molecular formula is C19H22O. The largest absolute Gasteiger partial charge is 0.489 e. The van der Waals surface area contributed by atoms with Crippen molar-refractivity contribution in [2.75, 3.05) is 0 Å². The molecule has 2 aromatic carbocycles. The van der Waals surface area contributed by atoms with Crippen LogP contribution in [-0.4, -0.2) is 0 Å². The van der Waals surface area contributed by atoms with Gasteiger partial charge in [0.25, 0.3) is 0 Å². The summed E-state index contributed by atoms with van der Waals surface area (Å²) in [4.78, 5) is 0. The molecule has 0 radical (unpaired) electrons. The Morgan fingerprint density at radius 2 is 1.85 bits per heavy atom. The lowest BCUT2D eigenvalue weighted by Gasteiger charge is -2.10. The number of aryl methyl sites for hydroxylation is 2. The summed E-state index contributed by atoms with van der Waals surface area (Å²) >= 11 is 0. The number of allylic oxidation sites excluding steroid dienone is 2. The van der Waals surface area contributed by atoms with Crippen LogP contribution >= 0.6 is 0 Å². The molecule has 0 bridgehead atoms. The van der Waals surface area contributed by atoms with E-state index in [9.17, 15) is 0 Å². The molecule has 0 atom stereocenters. The summed E-state index contributed by atoms with van der Waals surface area (Å²) in [7, 11) is 0. The maximum atomic E-state index is 5.84. The summed E-state index contributed by atoms with van der Waals surface area (Å²) in [5.74, 6) is 0.945. The Kier molecular flexibility index (Phi) is 5.43. The molecule has 0 unspecified atom stereocenters. The number of ether oxygens (including phenoxy) is 1. The molecule has 0 amide bonds. The fourth-order valence-electron chi connectivity index (χ4n) is 2.19. The summed E-state index contributed by atoms with van der Waals surface area (Å²) in [6, 6.07) is 16.6. The van der Waals surface area contributed by atoms with Crippen LogP contribution in [0.4, 0.5) is 0 Å². The average molecular weight is 266 g/mol. The zero-order valence-electron chi connectivity index (χ0n) is 12.3. The minimum absolute atomic E-state index is 0.623. The van der Waals surface area contributed by atoms with E-state index in [1.165, 1.54) is 16.7 Å². The quantitative estimate of drug-likeness (QED) is 0.662. The highest BCUT2D eigenvalue weighted by molar-refractivity contribution is 5.35. The molecule has 104 valence electrons. The summed E-state index contributed by atoms with van der Waals surface area (Å²) < 4.78 is 5.84. The van der Waals surface area contributed by atoms with Gasteiger partial charge in [0, 0.05) is 0 Å². The van der Waals surface area contributed by atoms with Gasteiger partial charge in [0.1, 0.15) is 12.4 Å². The summed E-state index contributed by atoms with van der Waals surface area (Å²) in [6.07, 6.45) is 6.50. The highest BCUT2D eigenvalue weighted by Crippen LogP contribution is 2.19. The van der Waals surface area contributed by atoms with E-state index < -0.39 is 0 Å². The fourth-order valence-corrected chi connectivity index (χ4v) is 2.19. The van der Waals surface area contributed by atoms with Gasteiger partial charge in [0.2, 0.25) is 0 Å². The Balaban J connectivity index is 1.95. The Morgan fingerprint density at radius 1 is 1.05 bits per heavy atom. The van der Waals surface area contributed by atoms with Gasteiger partial charge in [-0.2, -0.15) is 0 Å². The molecule has 0 aromatic heterocycles. The van der Waals surface area contributed by atoms with Crippen molar-refractivity contribution in [3.8, 4) is 5.75 Å². The van der Waals surface area contributed by atoms with E-state index in [0.29, 0.717) is 6.61 Å². The highest BCUT2D eigenvalue weighted by atomic mass is 16.5. The van der Waals surface area contributed by atoms with E-state index >= 15 is 0 Å². The standard InChI is InChI=1S/C19H22O/c1-3-4-6-11-18-12-13-19(14-16(18)2)20-15-17-9-7-5-8-10-17/h3-5,7-10,12-14H,6,11,15H2,1-2H3/b4-3-. The second kappa shape index (κ2) is 7.54. The van der Waals surface area contributed by atoms with E-state index in [2.05, 4.69) is 56.3 Å². The van der Waals surface area contributed by atoms with E-state index in [1.807, 2.05) is 18.2 Å². The van der Waals surface area contributed by atoms with Crippen LogP contribution in [0.2, 0.25) is 0 Å². The lowest BCUT2D eigenvalue weighted by atomic mass is 10.0. The monoisotopic (exact) mass is 266 g/mol. The van der Waals surface area contributed by atoms with Gasteiger partial charge >= 0.3 is 0 Å². The minimum atomic E-state index is 0.623. The number of hydrogen-bond acceptors (Lipinski definition) is 1. The first-order valence-electron chi connectivity index (χ1n) is 7.17. The molecular weight excluding hydrogens is 244 g/mol. The molecule has 0 aliphatic heterocycles. The molecule has 0 saturated carbocycles. The number of benzene rings is 2. The van der Waals surface area contributed by atoms with Crippen LogP contribution in [0.5, 0.6) is 5.75 Å². The lowest BCUT2D eigenvalue weighted by Crippen LogP contribution is -1.96. The van der Waals surface area contributed by atoms with Gasteiger partial charge in [-0.15, -0.1) is 0 Å². The topological polar surface area (TPSA) is 9.23 Å². The Bertz CT molecular complexity index is 555. The molecule has 0 saturated heterocycles. The molecule has 1 nitrogen and oxygen atoms in total. The van der Waals surface area contributed by atoms with Crippen molar-refractivity contribution in [2.45, 2.75) is 33.3 Å². The van der Waals surface area contributed by atoms with Crippen molar-refractivity contribution in [1.29, 1.82) is 0 Å². The van der Waals surface area contributed by atoms with Crippen molar-refractivity contribution in [3.63, 3.8) is 0 Å². The van der Waals surface area contributed by atoms with Gasteiger partial charge in [-0.05, 0) is 55.5 Å². The second-order valence-electron chi connectivity index (χ2n) is 4.97. The van der Waals surface area contributed by atoms with Gasteiger partial charge in [-0.3, -0.25) is 0 Å².